The Kier molecular flexibility index (Phi) is 3.95. The van der Waals surface area contributed by atoms with Crippen LogP contribution < -0.4 is 5.73 Å². The second-order valence-corrected chi connectivity index (χ2v) is 5.06. The topological polar surface area (TPSA) is 64.9 Å². The van der Waals surface area contributed by atoms with Crippen molar-refractivity contribution in [2.75, 3.05) is 0 Å². The number of halogens is 1. The number of benzene rings is 1. The molecule has 0 spiro atoms. The molecule has 1 heterocycles. The molecule has 2 rings (SSSR count). The van der Waals surface area contributed by atoms with E-state index in [-0.39, 0.29) is 29.5 Å². The van der Waals surface area contributed by atoms with Crippen LogP contribution in [-0.2, 0) is 0 Å². The average Bonchev–Trinajstić information content (AvgIpc) is 2.77. The first-order chi connectivity index (χ1) is 9.00. The summed E-state index contributed by atoms with van der Waals surface area (Å²) in [5.41, 5.74) is 6.28. The summed E-state index contributed by atoms with van der Waals surface area (Å²) in [4.78, 5) is 4.29. The van der Waals surface area contributed by atoms with Crippen LogP contribution in [0.2, 0.25) is 0 Å². The van der Waals surface area contributed by atoms with Crippen LogP contribution in [0.15, 0.2) is 28.8 Å². The summed E-state index contributed by atoms with van der Waals surface area (Å²) >= 11 is 0. The first-order valence-electron chi connectivity index (χ1n) is 6.34. The van der Waals surface area contributed by atoms with Crippen LogP contribution in [0.3, 0.4) is 0 Å². The number of nitrogens with zero attached hydrogens (tertiary/aromatic N) is 2. The molecule has 0 amide bonds. The quantitative estimate of drug-likeness (QED) is 0.921. The van der Waals surface area contributed by atoms with Gasteiger partial charge in [-0.15, -0.1) is 0 Å². The molecule has 19 heavy (non-hydrogen) atoms. The van der Waals surface area contributed by atoms with Crippen LogP contribution in [-0.4, -0.2) is 16.2 Å². The average molecular weight is 263 g/mol. The number of nitrogens with two attached hydrogens (primary N) is 1. The summed E-state index contributed by atoms with van der Waals surface area (Å²) in [5.74, 6) is 0.598. The summed E-state index contributed by atoms with van der Waals surface area (Å²) in [5, 5.41) is 3.85. The van der Waals surface area contributed by atoms with Crippen LogP contribution in [0.4, 0.5) is 4.39 Å². The van der Waals surface area contributed by atoms with Crippen molar-refractivity contribution >= 4 is 0 Å². The third-order valence-electron chi connectivity index (χ3n) is 3.13. The van der Waals surface area contributed by atoms with Gasteiger partial charge in [0.15, 0.2) is 0 Å². The highest BCUT2D eigenvalue weighted by Gasteiger charge is 2.26. The van der Waals surface area contributed by atoms with Crippen molar-refractivity contribution in [1.29, 1.82) is 0 Å². The summed E-state index contributed by atoms with van der Waals surface area (Å²) in [6.07, 6.45) is 0. The molecule has 2 aromatic rings. The Bertz CT molecular complexity index is 543. The maximum Gasteiger partial charge on any atom is 0.231 e. The summed E-state index contributed by atoms with van der Waals surface area (Å²) < 4.78 is 18.9. The number of aromatic nitrogens is 2. The van der Waals surface area contributed by atoms with Gasteiger partial charge >= 0.3 is 0 Å². The zero-order valence-electron chi connectivity index (χ0n) is 11.3. The minimum atomic E-state index is -0.364. The van der Waals surface area contributed by atoms with Crippen molar-refractivity contribution in [1.82, 2.24) is 10.1 Å². The van der Waals surface area contributed by atoms with Gasteiger partial charge in [0.1, 0.15) is 5.82 Å². The molecule has 0 saturated carbocycles. The first-order valence-corrected chi connectivity index (χ1v) is 6.34. The van der Waals surface area contributed by atoms with Gasteiger partial charge in [-0.2, -0.15) is 4.98 Å². The molecular formula is C14H18FN3O. The van der Waals surface area contributed by atoms with Gasteiger partial charge in [0.05, 0.1) is 11.5 Å². The smallest absolute Gasteiger partial charge is 0.231 e. The van der Waals surface area contributed by atoms with Gasteiger partial charge in [0.25, 0.3) is 0 Å². The molecule has 0 bridgehead atoms. The fourth-order valence-corrected chi connectivity index (χ4v) is 2.24. The Hall–Kier alpha value is -1.75. The van der Waals surface area contributed by atoms with Gasteiger partial charge in [-0.3, -0.25) is 0 Å². The van der Waals surface area contributed by atoms with Gasteiger partial charge in [-0.1, -0.05) is 31.1 Å². The van der Waals surface area contributed by atoms with E-state index in [1.54, 1.807) is 18.2 Å². The standard InChI is InChI=1S/C14H18FN3O/c1-8(2)12(9(3)16)14-17-13(18-19-14)10-6-4-5-7-11(10)15/h4-9,12H,16H2,1-3H3. The van der Waals surface area contributed by atoms with Crippen molar-refractivity contribution in [3.63, 3.8) is 0 Å². The Morgan fingerprint density at radius 3 is 2.47 bits per heavy atom. The number of hydrogen-bond acceptors (Lipinski definition) is 4. The largest absolute Gasteiger partial charge is 0.339 e. The lowest BCUT2D eigenvalue weighted by Gasteiger charge is -2.20. The molecule has 0 aliphatic rings. The maximum atomic E-state index is 13.7. The Morgan fingerprint density at radius 2 is 1.89 bits per heavy atom. The van der Waals surface area contributed by atoms with E-state index in [1.165, 1.54) is 6.07 Å². The van der Waals surface area contributed by atoms with E-state index in [0.29, 0.717) is 11.5 Å². The monoisotopic (exact) mass is 263 g/mol. The molecule has 1 aromatic carbocycles. The Balaban J connectivity index is 2.36. The minimum absolute atomic E-state index is 0.0342. The van der Waals surface area contributed by atoms with Gasteiger partial charge in [0, 0.05) is 6.04 Å². The fourth-order valence-electron chi connectivity index (χ4n) is 2.24. The SMILES string of the molecule is CC(C)C(c1nc(-c2ccccc2F)no1)C(C)N. The third-order valence-corrected chi connectivity index (χ3v) is 3.13. The maximum absolute atomic E-state index is 13.7. The van der Waals surface area contributed by atoms with Crippen molar-refractivity contribution in [3.8, 4) is 11.4 Å². The fraction of sp³-hybridized carbons (Fsp3) is 0.429. The molecule has 0 saturated heterocycles. The minimum Gasteiger partial charge on any atom is -0.339 e. The third kappa shape index (κ3) is 2.81. The van der Waals surface area contributed by atoms with E-state index in [1.807, 2.05) is 20.8 Å². The zero-order valence-corrected chi connectivity index (χ0v) is 11.3. The molecule has 0 fully saturated rings. The summed E-state index contributed by atoms with van der Waals surface area (Å²) in [7, 11) is 0. The molecule has 2 N–H and O–H groups in total. The molecular weight excluding hydrogens is 245 g/mol. The van der Waals surface area contributed by atoms with Crippen molar-refractivity contribution in [2.45, 2.75) is 32.7 Å². The van der Waals surface area contributed by atoms with Gasteiger partial charge in [-0.25, -0.2) is 4.39 Å². The van der Waals surface area contributed by atoms with Crippen molar-refractivity contribution in [2.24, 2.45) is 11.7 Å². The van der Waals surface area contributed by atoms with Gasteiger partial charge in [0.2, 0.25) is 11.7 Å². The molecule has 2 atom stereocenters. The van der Waals surface area contributed by atoms with Gasteiger partial charge in [-0.05, 0) is 25.0 Å². The predicted octanol–water partition coefficient (Wildman–Crippen LogP) is 2.96. The van der Waals surface area contributed by atoms with Crippen LogP contribution in [0.25, 0.3) is 11.4 Å². The molecule has 5 heteroatoms. The van der Waals surface area contributed by atoms with Crippen molar-refractivity contribution in [3.05, 3.63) is 36.0 Å². The lowest BCUT2D eigenvalue weighted by molar-refractivity contribution is 0.300. The molecule has 0 radical (unpaired) electrons. The lowest BCUT2D eigenvalue weighted by atomic mass is 9.90. The van der Waals surface area contributed by atoms with Crippen molar-refractivity contribution < 1.29 is 8.91 Å². The van der Waals surface area contributed by atoms with E-state index < -0.39 is 0 Å². The lowest BCUT2D eigenvalue weighted by Crippen LogP contribution is -2.28. The molecule has 2 unspecified atom stereocenters. The van der Waals surface area contributed by atoms with E-state index in [4.69, 9.17) is 10.3 Å². The van der Waals surface area contributed by atoms with E-state index in [9.17, 15) is 4.39 Å². The van der Waals surface area contributed by atoms with Crippen LogP contribution >= 0.6 is 0 Å². The highest BCUT2D eigenvalue weighted by Crippen LogP contribution is 2.28. The van der Waals surface area contributed by atoms with E-state index in [0.717, 1.165) is 0 Å². The van der Waals surface area contributed by atoms with E-state index >= 15 is 0 Å². The molecule has 0 aliphatic carbocycles. The first kappa shape index (κ1) is 13.7. The molecule has 0 aliphatic heterocycles. The predicted molar refractivity (Wildman–Crippen MR) is 70.9 cm³/mol. The molecule has 102 valence electrons. The van der Waals surface area contributed by atoms with Crippen LogP contribution in [0, 0.1) is 11.7 Å². The highest BCUT2D eigenvalue weighted by atomic mass is 19.1. The number of hydrogen-bond donors (Lipinski definition) is 1. The van der Waals surface area contributed by atoms with Crippen LogP contribution in [0.5, 0.6) is 0 Å². The normalized spacial score (nSPS) is 14.6. The summed E-state index contributed by atoms with van der Waals surface area (Å²) in [6.45, 7) is 5.99. The molecule has 4 nitrogen and oxygen atoms in total. The van der Waals surface area contributed by atoms with E-state index in [2.05, 4.69) is 10.1 Å². The molecule has 1 aromatic heterocycles. The Morgan fingerprint density at radius 1 is 1.21 bits per heavy atom. The zero-order chi connectivity index (χ0) is 14.0. The second-order valence-electron chi connectivity index (χ2n) is 5.06. The van der Waals surface area contributed by atoms with Crippen LogP contribution in [0.1, 0.15) is 32.6 Å². The van der Waals surface area contributed by atoms with Gasteiger partial charge < -0.3 is 10.3 Å². The number of rotatable bonds is 4. The summed E-state index contributed by atoms with van der Waals surface area (Å²) in [6, 6.07) is 6.25. The highest BCUT2D eigenvalue weighted by molar-refractivity contribution is 5.54. The Labute approximate surface area is 111 Å². The second kappa shape index (κ2) is 5.48.